The van der Waals surface area contributed by atoms with E-state index in [4.69, 9.17) is 12.2 Å². The van der Waals surface area contributed by atoms with Gasteiger partial charge in [-0.2, -0.15) is 5.10 Å². The number of nitrogens with one attached hydrogen (secondary N) is 1. The van der Waals surface area contributed by atoms with E-state index in [0.717, 1.165) is 18.8 Å². The summed E-state index contributed by atoms with van der Waals surface area (Å²) < 4.78 is 0. The van der Waals surface area contributed by atoms with Crippen LogP contribution in [0.3, 0.4) is 0 Å². The minimum atomic E-state index is 0.615. The molecule has 1 aliphatic rings. The van der Waals surface area contributed by atoms with E-state index in [1.165, 1.54) is 12.8 Å². The van der Waals surface area contributed by atoms with Crippen molar-refractivity contribution in [3.63, 3.8) is 0 Å². The molecule has 0 aromatic carbocycles. The summed E-state index contributed by atoms with van der Waals surface area (Å²) in [4.78, 5) is 10.4. The molecule has 1 fully saturated rings. The average molecular weight is 249 g/mol. The molecule has 0 aliphatic carbocycles. The second kappa shape index (κ2) is 5.67. The Hall–Kier alpha value is -1.56. The Morgan fingerprint density at radius 1 is 1.35 bits per heavy atom. The van der Waals surface area contributed by atoms with Gasteiger partial charge >= 0.3 is 0 Å². The minimum Gasteiger partial charge on any atom is -0.348 e. The van der Waals surface area contributed by atoms with E-state index in [1.54, 1.807) is 18.5 Å². The molecule has 2 heterocycles. The topological polar surface area (TPSA) is 53.4 Å². The molecule has 1 aromatic rings. The molecule has 2 rings (SSSR count). The van der Waals surface area contributed by atoms with E-state index < -0.39 is 0 Å². The molecule has 90 valence electrons. The summed E-state index contributed by atoms with van der Waals surface area (Å²) in [6, 6.07) is 1.78. The SMILES string of the molecule is C/C(=N/NC(=S)N1CCCC1)c1ncccn1. The van der Waals surface area contributed by atoms with Crippen LogP contribution in [0, 0.1) is 0 Å². The predicted molar refractivity (Wildman–Crippen MR) is 70.8 cm³/mol. The fraction of sp³-hybridized carbons (Fsp3) is 0.455. The standard InChI is InChI=1S/C11H15N5S/c1-9(10-12-5-4-6-13-10)14-15-11(17)16-7-2-3-8-16/h4-6H,2-3,7-8H2,1H3,(H,15,17)/b14-9-. The first kappa shape index (κ1) is 11.9. The Balaban J connectivity index is 1.94. The van der Waals surface area contributed by atoms with Crippen molar-refractivity contribution in [1.82, 2.24) is 20.3 Å². The van der Waals surface area contributed by atoms with Gasteiger partial charge in [-0.15, -0.1) is 0 Å². The molecule has 0 spiro atoms. The normalized spacial score (nSPS) is 16.1. The largest absolute Gasteiger partial charge is 0.348 e. The molecule has 1 aliphatic heterocycles. The smallest absolute Gasteiger partial charge is 0.189 e. The Bertz CT molecular complexity index is 411. The van der Waals surface area contributed by atoms with E-state index >= 15 is 0 Å². The molecule has 0 bridgehead atoms. The lowest BCUT2D eigenvalue weighted by Gasteiger charge is -2.17. The van der Waals surface area contributed by atoms with Crippen LogP contribution in [0.4, 0.5) is 0 Å². The van der Waals surface area contributed by atoms with Gasteiger partial charge in [-0.3, -0.25) is 5.43 Å². The van der Waals surface area contributed by atoms with E-state index in [1.807, 2.05) is 6.92 Å². The van der Waals surface area contributed by atoms with Crippen molar-refractivity contribution in [2.24, 2.45) is 5.10 Å². The maximum atomic E-state index is 5.25. The summed E-state index contributed by atoms with van der Waals surface area (Å²) in [6.45, 7) is 3.89. The molecule has 0 saturated carbocycles. The van der Waals surface area contributed by atoms with Crippen LogP contribution in [0.2, 0.25) is 0 Å². The molecular formula is C11H15N5S. The van der Waals surface area contributed by atoms with Crippen molar-refractivity contribution in [3.05, 3.63) is 24.3 Å². The Morgan fingerprint density at radius 3 is 2.65 bits per heavy atom. The van der Waals surface area contributed by atoms with Gasteiger partial charge < -0.3 is 4.90 Å². The van der Waals surface area contributed by atoms with Gasteiger partial charge in [0.05, 0.1) is 0 Å². The third-order valence-corrected chi connectivity index (χ3v) is 2.95. The molecule has 1 aromatic heterocycles. The Kier molecular flexibility index (Phi) is 3.98. The maximum absolute atomic E-state index is 5.25. The highest BCUT2D eigenvalue weighted by molar-refractivity contribution is 7.80. The lowest BCUT2D eigenvalue weighted by atomic mass is 10.4. The Labute approximate surface area is 106 Å². The van der Waals surface area contributed by atoms with Crippen molar-refractivity contribution in [2.45, 2.75) is 19.8 Å². The number of hydrazone groups is 1. The summed E-state index contributed by atoms with van der Waals surface area (Å²) in [5.41, 5.74) is 3.62. The number of hydrogen-bond acceptors (Lipinski definition) is 4. The molecule has 17 heavy (non-hydrogen) atoms. The molecule has 1 saturated heterocycles. The van der Waals surface area contributed by atoms with Gasteiger partial charge in [0, 0.05) is 25.5 Å². The second-order valence-corrected chi connectivity index (χ2v) is 4.27. The summed E-state index contributed by atoms with van der Waals surface area (Å²) in [5, 5.41) is 4.88. The van der Waals surface area contributed by atoms with Crippen LogP contribution in [0.25, 0.3) is 0 Å². The molecule has 5 nitrogen and oxygen atoms in total. The van der Waals surface area contributed by atoms with Gasteiger partial charge in [-0.05, 0) is 38.0 Å². The van der Waals surface area contributed by atoms with E-state index in [0.29, 0.717) is 10.9 Å². The van der Waals surface area contributed by atoms with Crippen molar-refractivity contribution >= 4 is 23.0 Å². The first-order valence-electron chi connectivity index (χ1n) is 5.64. The quantitative estimate of drug-likeness (QED) is 0.484. The van der Waals surface area contributed by atoms with Gasteiger partial charge in [-0.1, -0.05) is 0 Å². The zero-order valence-corrected chi connectivity index (χ0v) is 10.6. The highest BCUT2D eigenvalue weighted by atomic mass is 32.1. The minimum absolute atomic E-state index is 0.615. The van der Waals surface area contributed by atoms with Gasteiger partial charge in [-0.25, -0.2) is 9.97 Å². The number of aromatic nitrogens is 2. The first-order chi connectivity index (χ1) is 8.27. The third kappa shape index (κ3) is 3.20. The van der Waals surface area contributed by atoms with Crippen LogP contribution in [-0.4, -0.2) is 38.8 Å². The van der Waals surface area contributed by atoms with Crippen molar-refractivity contribution in [2.75, 3.05) is 13.1 Å². The predicted octanol–water partition coefficient (Wildman–Crippen LogP) is 1.17. The summed E-state index contributed by atoms with van der Waals surface area (Å²) in [5.74, 6) is 0.615. The average Bonchev–Trinajstić information content (AvgIpc) is 2.90. The van der Waals surface area contributed by atoms with Crippen LogP contribution in [0.15, 0.2) is 23.6 Å². The lowest BCUT2D eigenvalue weighted by Crippen LogP contribution is -2.35. The van der Waals surface area contributed by atoms with Crippen molar-refractivity contribution < 1.29 is 0 Å². The monoisotopic (exact) mass is 249 g/mol. The fourth-order valence-electron chi connectivity index (χ4n) is 1.66. The molecule has 1 N–H and O–H groups in total. The molecule has 0 amide bonds. The zero-order valence-electron chi connectivity index (χ0n) is 9.76. The van der Waals surface area contributed by atoms with Crippen molar-refractivity contribution in [3.8, 4) is 0 Å². The van der Waals surface area contributed by atoms with Gasteiger partial charge in [0.15, 0.2) is 10.9 Å². The van der Waals surface area contributed by atoms with Crippen LogP contribution < -0.4 is 5.43 Å². The summed E-state index contributed by atoms with van der Waals surface area (Å²) in [6.07, 6.45) is 5.79. The third-order valence-electron chi connectivity index (χ3n) is 2.60. The first-order valence-corrected chi connectivity index (χ1v) is 6.05. The number of rotatable bonds is 2. The Morgan fingerprint density at radius 2 is 2.00 bits per heavy atom. The second-order valence-electron chi connectivity index (χ2n) is 3.88. The number of likely N-dealkylation sites (tertiary alicyclic amines) is 1. The van der Waals surface area contributed by atoms with Crippen LogP contribution in [0.1, 0.15) is 25.6 Å². The molecule has 6 heteroatoms. The van der Waals surface area contributed by atoms with Gasteiger partial charge in [0.2, 0.25) is 0 Å². The molecule has 0 unspecified atom stereocenters. The van der Waals surface area contributed by atoms with E-state index in [9.17, 15) is 0 Å². The van der Waals surface area contributed by atoms with Gasteiger partial charge in [0.25, 0.3) is 0 Å². The van der Waals surface area contributed by atoms with Crippen LogP contribution in [-0.2, 0) is 0 Å². The van der Waals surface area contributed by atoms with Gasteiger partial charge in [0.1, 0.15) is 5.71 Å². The summed E-state index contributed by atoms with van der Waals surface area (Å²) >= 11 is 5.25. The van der Waals surface area contributed by atoms with Crippen LogP contribution >= 0.6 is 12.2 Å². The van der Waals surface area contributed by atoms with Crippen molar-refractivity contribution in [1.29, 1.82) is 0 Å². The summed E-state index contributed by atoms with van der Waals surface area (Å²) in [7, 11) is 0. The van der Waals surface area contributed by atoms with E-state index in [2.05, 4.69) is 25.4 Å². The fourth-order valence-corrected chi connectivity index (χ4v) is 1.89. The number of thiocarbonyl (C=S) groups is 1. The molecular weight excluding hydrogens is 234 g/mol. The van der Waals surface area contributed by atoms with Crippen LogP contribution in [0.5, 0.6) is 0 Å². The lowest BCUT2D eigenvalue weighted by molar-refractivity contribution is 0.509. The van der Waals surface area contributed by atoms with E-state index in [-0.39, 0.29) is 0 Å². The highest BCUT2D eigenvalue weighted by Crippen LogP contribution is 2.07. The zero-order chi connectivity index (χ0) is 12.1. The molecule has 0 atom stereocenters. The maximum Gasteiger partial charge on any atom is 0.189 e. The highest BCUT2D eigenvalue weighted by Gasteiger charge is 2.14. The number of nitrogens with zero attached hydrogens (tertiary/aromatic N) is 4. The molecule has 0 radical (unpaired) electrons. The number of hydrogen-bond donors (Lipinski definition) is 1.